The molecule has 1 aliphatic heterocycles. The van der Waals surface area contributed by atoms with Crippen LogP contribution in [0.3, 0.4) is 0 Å². The molecule has 0 radical (unpaired) electrons. The first-order valence-electron chi connectivity index (χ1n) is 8.50. The number of halogens is 1. The number of hydrogen-bond donors (Lipinski definition) is 1. The van der Waals surface area contributed by atoms with Crippen molar-refractivity contribution in [2.24, 2.45) is 0 Å². The Bertz CT molecular complexity index is 926. The highest BCUT2D eigenvalue weighted by Gasteiger charge is 2.36. The number of anilines is 1. The predicted molar refractivity (Wildman–Crippen MR) is 118 cm³/mol. The van der Waals surface area contributed by atoms with Gasteiger partial charge in [-0.3, -0.25) is 19.3 Å². The Hall–Kier alpha value is -2.33. The Kier molecular flexibility index (Phi) is 6.74. The van der Waals surface area contributed by atoms with Gasteiger partial charge in [0.1, 0.15) is 12.3 Å². The Morgan fingerprint density at radius 3 is 2.46 bits per heavy atom. The molecule has 3 rings (SSSR count). The fraction of sp³-hybridized carbons (Fsp3) is 0.150. The summed E-state index contributed by atoms with van der Waals surface area (Å²) in [6.07, 6.45) is 1.66. The molecule has 2 aromatic carbocycles. The summed E-state index contributed by atoms with van der Waals surface area (Å²) >= 11 is 3.03. The second-order valence-corrected chi connectivity index (χ2v) is 8.06. The number of nitrogens with one attached hydrogen (secondary N) is 1. The highest BCUT2D eigenvalue weighted by molar-refractivity contribution is 14.1. The van der Waals surface area contributed by atoms with Crippen LogP contribution in [-0.2, 0) is 9.59 Å². The maximum atomic E-state index is 12.5. The highest BCUT2D eigenvalue weighted by atomic mass is 127. The third kappa shape index (κ3) is 5.14. The fourth-order valence-electron chi connectivity index (χ4n) is 2.49. The molecule has 8 heteroatoms. The van der Waals surface area contributed by atoms with E-state index >= 15 is 0 Å². The Labute approximate surface area is 180 Å². The van der Waals surface area contributed by atoms with Crippen molar-refractivity contribution in [2.75, 3.05) is 18.5 Å². The van der Waals surface area contributed by atoms with Gasteiger partial charge in [-0.15, -0.1) is 0 Å². The van der Waals surface area contributed by atoms with Gasteiger partial charge in [0.25, 0.3) is 11.1 Å². The first-order valence-corrected chi connectivity index (χ1v) is 10.4. The summed E-state index contributed by atoms with van der Waals surface area (Å²) in [5, 5.41) is 2.22. The number of nitrogens with zero attached hydrogens (tertiary/aromatic N) is 1. The van der Waals surface area contributed by atoms with Crippen molar-refractivity contribution in [1.82, 2.24) is 4.90 Å². The minimum absolute atomic E-state index is 0.306. The monoisotopic (exact) mass is 508 g/mol. The lowest BCUT2D eigenvalue weighted by Gasteiger charge is -2.12. The Balaban J connectivity index is 1.63. The number of thioether (sulfide) groups is 1. The zero-order valence-electron chi connectivity index (χ0n) is 15.0. The van der Waals surface area contributed by atoms with Crippen molar-refractivity contribution in [3.8, 4) is 5.75 Å². The van der Waals surface area contributed by atoms with Crippen molar-refractivity contribution >= 4 is 63.2 Å². The van der Waals surface area contributed by atoms with Gasteiger partial charge < -0.3 is 10.1 Å². The third-order valence-corrected chi connectivity index (χ3v) is 5.42. The molecule has 1 saturated heterocycles. The van der Waals surface area contributed by atoms with E-state index in [0.717, 1.165) is 25.8 Å². The maximum Gasteiger partial charge on any atom is 0.294 e. The smallest absolute Gasteiger partial charge is 0.294 e. The van der Waals surface area contributed by atoms with Gasteiger partial charge in [0.2, 0.25) is 5.91 Å². The Morgan fingerprint density at radius 2 is 1.82 bits per heavy atom. The van der Waals surface area contributed by atoms with Crippen LogP contribution in [0.1, 0.15) is 12.5 Å². The van der Waals surface area contributed by atoms with Gasteiger partial charge in [-0.2, -0.15) is 0 Å². The molecular formula is C20H17IN2O4S. The average Bonchev–Trinajstić information content (AvgIpc) is 2.93. The van der Waals surface area contributed by atoms with E-state index < -0.39 is 17.1 Å². The molecule has 1 aliphatic rings. The molecular weight excluding hydrogens is 491 g/mol. The summed E-state index contributed by atoms with van der Waals surface area (Å²) in [5.74, 6) is -0.204. The molecule has 0 saturated carbocycles. The van der Waals surface area contributed by atoms with Crippen LogP contribution >= 0.6 is 34.4 Å². The number of hydrogen-bond acceptors (Lipinski definition) is 5. The molecule has 1 heterocycles. The number of rotatable bonds is 6. The van der Waals surface area contributed by atoms with E-state index in [1.165, 1.54) is 0 Å². The summed E-state index contributed by atoms with van der Waals surface area (Å²) in [6, 6.07) is 14.5. The lowest BCUT2D eigenvalue weighted by atomic mass is 10.2. The number of carbonyl (C=O) groups excluding carboxylic acids is 3. The van der Waals surface area contributed by atoms with Crippen LogP contribution in [0, 0.1) is 3.57 Å². The largest absolute Gasteiger partial charge is 0.494 e. The lowest BCUT2D eigenvalue weighted by molar-refractivity contribution is -0.127. The van der Waals surface area contributed by atoms with Gasteiger partial charge in [-0.1, -0.05) is 12.1 Å². The van der Waals surface area contributed by atoms with Gasteiger partial charge in [0.05, 0.1) is 11.5 Å². The SMILES string of the molecule is CCOc1ccc(NC(=O)CN2C(=O)S/C(=C/c3ccc(I)cc3)C2=O)cc1. The van der Waals surface area contributed by atoms with Gasteiger partial charge in [0.15, 0.2) is 0 Å². The standard InChI is InChI=1S/C20H17IN2O4S/c1-2-27-16-9-7-15(8-10-16)22-18(24)12-23-19(25)17(28-20(23)26)11-13-3-5-14(21)6-4-13/h3-11H,2,12H2,1H3,(H,22,24)/b17-11+. The second kappa shape index (κ2) is 9.24. The third-order valence-electron chi connectivity index (χ3n) is 3.79. The molecule has 6 nitrogen and oxygen atoms in total. The van der Waals surface area contributed by atoms with E-state index in [4.69, 9.17) is 4.74 Å². The average molecular weight is 508 g/mol. The lowest BCUT2D eigenvalue weighted by Crippen LogP contribution is -2.36. The zero-order valence-corrected chi connectivity index (χ0v) is 18.0. The normalized spacial score (nSPS) is 15.2. The van der Waals surface area contributed by atoms with Crippen LogP contribution < -0.4 is 10.1 Å². The summed E-state index contributed by atoms with van der Waals surface area (Å²) in [6.45, 7) is 2.11. The molecule has 28 heavy (non-hydrogen) atoms. The molecule has 144 valence electrons. The summed E-state index contributed by atoms with van der Waals surface area (Å²) < 4.78 is 6.43. The second-order valence-electron chi connectivity index (χ2n) is 5.82. The van der Waals surface area contributed by atoms with E-state index in [9.17, 15) is 14.4 Å². The van der Waals surface area contributed by atoms with Crippen molar-refractivity contribution in [1.29, 1.82) is 0 Å². The molecule has 1 fully saturated rings. The van der Waals surface area contributed by atoms with Crippen LogP contribution in [-0.4, -0.2) is 35.1 Å². The molecule has 0 bridgehead atoms. The summed E-state index contributed by atoms with van der Waals surface area (Å²) in [5.41, 5.74) is 1.39. The number of ether oxygens (including phenoxy) is 1. The molecule has 2 aromatic rings. The van der Waals surface area contributed by atoms with Crippen LogP contribution in [0.25, 0.3) is 6.08 Å². The first kappa shape index (κ1) is 20.4. The van der Waals surface area contributed by atoms with E-state index in [-0.39, 0.29) is 6.54 Å². The van der Waals surface area contributed by atoms with Crippen LogP contribution in [0.2, 0.25) is 0 Å². The molecule has 3 amide bonds. The number of amides is 3. The van der Waals surface area contributed by atoms with Crippen LogP contribution in [0.4, 0.5) is 10.5 Å². The van der Waals surface area contributed by atoms with E-state index in [1.807, 2.05) is 31.2 Å². The quantitative estimate of drug-likeness (QED) is 0.464. The number of benzene rings is 2. The molecule has 0 aromatic heterocycles. The van der Waals surface area contributed by atoms with Crippen LogP contribution in [0.15, 0.2) is 53.4 Å². The zero-order chi connectivity index (χ0) is 20.1. The summed E-state index contributed by atoms with van der Waals surface area (Å²) in [4.78, 5) is 38.2. The minimum atomic E-state index is -0.463. The van der Waals surface area contributed by atoms with Gasteiger partial charge in [0, 0.05) is 9.26 Å². The van der Waals surface area contributed by atoms with Gasteiger partial charge >= 0.3 is 0 Å². The highest BCUT2D eigenvalue weighted by Crippen LogP contribution is 2.32. The molecule has 0 spiro atoms. The number of carbonyl (C=O) groups is 3. The fourth-order valence-corrected chi connectivity index (χ4v) is 3.69. The van der Waals surface area contributed by atoms with E-state index in [0.29, 0.717) is 22.9 Å². The van der Waals surface area contributed by atoms with Gasteiger partial charge in [-0.05, 0) is 89.3 Å². The summed E-state index contributed by atoms with van der Waals surface area (Å²) in [7, 11) is 0. The van der Waals surface area contributed by atoms with Crippen LogP contribution in [0.5, 0.6) is 5.75 Å². The predicted octanol–water partition coefficient (Wildman–Crippen LogP) is 4.36. The number of imide groups is 1. The van der Waals surface area contributed by atoms with Crippen molar-refractivity contribution in [2.45, 2.75) is 6.92 Å². The van der Waals surface area contributed by atoms with E-state index in [1.54, 1.807) is 30.3 Å². The Morgan fingerprint density at radius 1 is 1.14 bits per heavy atom. The van der Waals surface area contributed by atoms with Crippen molar-refractivity contribution < 1.29 is 19.1 Å². The molecule has 1 N–H and O–H groups in total. The topological polar surface area (TPSA) is 75.7 Å². The van der Waals surface area contributed by atoms with E-state index in [2.05, 4.69) is 27.9 Å². The van der Waals surface area contributed by atoms with Crippen molar-refractivity contribution in [3.05, 3.63) is 62.6 Å². The molecule has 0 aliphatic carbocycles. The molecule has 0 unspecified atom stereocenters. The first-order chi connectivity index (χ1) is 13.5. The minimum Gasteiger partial charge on any atom is -0.494 e. The molecule has 0 atom stereocenters. The van der Waals surface area contributed by atoms with Gasteiger partial charge in [-0.25, -0.2) is 0 Å². The van der Waals surface area contributed by atoms with Crippen molar-refractivity contribution in [3.63, 3.8) is 0 Å². The maximum absolute atomic E-state index is 12.5.